The van der Waals surface area contributed by atoms with E-state index in [9.17, 15) is 13.2 Å². The average molecular weight is 493 g/mol. The van der Waals surface area contributed by atoms with Gasteiger partial charge in [0.2, 0.25) is 10.0 Å². The Morgan fingerprint density at radius 2 is 1.89 bits per heavy atom. The number of fused-ring (bicyclic) bond motifs is 1. The van der Waals surface area contributed by atoms with Gasteiger partial charge in [-0.1, -0.05) is 25.5 Å². The highest BCUT2D eigenvalue weighted by molar-refractivity contribution is 7.89. The molecule has 182 valence electrons. The van der Waals surface area contributed by atoms with Gasteiger partial charge in [0.1, 0.15) is 18.0 Å². The quantitative estimate of drug-likeness (QED) is 0.316. The van der Waals surface area contributed by atoms with Crippen LogP contribution in [0, 0.1) is 6.92 Å². The van der Waals surface area contributed by atoms with Gasteiger partial charge in [-0.15, -0.1) is 0 Å². The van der Waals surface area contributed by atoms with E-state index in [-0.39, 0.29) is 10.8 Å². The van der Waals surface area contributed by atoms with Crippen LogP contribution in [-0.2, 0) is 16.6 Å². The first kappa shape index (κ1) is 24.4. The Morgan fingerprint density at radius 1 is 1.09 bits per heavy atom. The standard InChI is InChI=1S/C26H28N4O4S/c1-3-4-14-27-35(32,33)24-9-5-8-21(16-24)29-26(31)20-10-12-23(13-11-20)34-18-22-17-30-15-6-7-19(2)25(30)28-22/h5-13,15-17,27H,3-4,14,18H2,1-2H3,(H,29,31). The van der Waals surface area contributed by atoms with Gasteiger partial charge in [0, 0.05) is 30.2 Å². The number of carbonyl (C=O) groups is 1. The molecule has 0 aliphatic rings. The van der Waals surface area contributed by atoms with Crippen molar-refractivity contribution in [3.05, 3.63) is 89.9 Å². The van der Waals surface area contributed by atoms with E-state index in [1.54, 1.807) is 36.4 Å². The normalized spacial score (nSPS) is 11.5. The zero-order valence-electron chi connectivity index (χ0n) is 19.7. The lowest BCUT2D eigenvalue weighted by atomic mass is 10.2. The molecule has 0 fully saturated rings. The van der Waals surface area contributed by atoms with E-state index in [2.05, 4.69) is 15.0 Å². The zero-order chi connectivity index (χ0) is 24.8. The largest absolute Gasteiger partial charge is 0.487 e. The molecule has 0 radical (unpaired) electrons. The molecule has 0 spiro atoms. The number of hydrogen-bond donors (Lipinski definition) is 2. The summed E-state index contributed by atoms with van der Waals surface area (Å²) in [6.07, 6.45) is 5.52. The number of ether oxygens (including phenoxy) is 1. The van der Waals surface area contributed by atoms with Crippen LogP contribution in [0.2, 0.25) is 0 Å². The molecular weight excluding hydrogens is 464 g/mol. The predicted molar refractivity (Wildman–Crippen MR) is 135 cm³/mol. The summed E-state index contributed by atoms with van der Waals surface area (Å²) in [5.74, 6) is 0.266. The molecule has 0 saturated carbocycles. The van der Waals surface area contributed by atoms with Crippen LogP contribution >= 0.6 is 0 Å². The van der Waals surface area contributed by atoms with Crippen LogP contribution in [0.5, 0.6) is 5.75 Å². The Balaban J connectivity index is 1.37. The fraction of sp³-hybridized carbons (Fsp3) is 0.231. The van der Waals surface area contributed by atoms with Gasteiger partial charge in [-0.2, -0.15) is 0 Å². The van der Waals surface area contributed by atoms with E-state index in [4.69, 9.17) is 4.74 Å². The van der Waals surface area contributed by atoms with Crippen molar-refractivity contribution in [1.82, 2.24) is 14.1 Å². The Kier molecular flexibility index (Phi) is 7.48. The SMILES string of the molecule is CCCCNS(=O)(=O)c1cccc(NC(=O)c2ccc(OCc3cn4cccc(C)c4n3)cc2)c1. The lowest BCUT2D eigenvalue weighted by molar-refractivity contribution is 0.102. The molecule has 0 aliphatic heterocycles. The molecule has 8 nitrogen and oxygen atoms in total. The minimum atomic E-state index is -3.63. The number of imidazole rings is 1. The monoisotopic (exact) mass is 492 g/mol. The molecule has 4 aromatic rings. The van der Waals surface area contributed by atoms with E-state index in [0.717, 1.165) is 29.7 Å². The van der Waals surface area contributed by atoms with Crippen molar-refractivity contribution in [3.63, 3.8) is 0 Å². The first-order valence-corrected chi connectivity index (χ1v) is 12.9. The maximum absolute atomic E-state index is 12.7. The number of hydrogen-bond acceptors (Lipinski definition) is 5. The van der Waals surface area contributed by atoms with Crippen LogP contribution < -0.4 is 14.8 Å². The molecule has 0 aliphatic carbocycles. The fourth-order valence-electron chi connectivity index (χ4n) is 3.54. The van der Waals surface area contributed by atoms with E-state index >= 15 is 0 Å². The number of aryl methyl sites for hydroxylation is 1. The lowest BCUT2D eigenvalue weighted by Gasteiger charge is -2.10. The summed E-state index contributed by atoms with van der Waals surface area (Å²) in [7, 11) is -3.63. The number of nitrogens with zero attached hydrogens (tertiary/aromatic N) is 2. The first-order valence-electron chi connectivity index (χ1n) is 11.4. The molecule has 0 bridgehead atoms. The Hall–Kier alpha value is -3.69. The van der Waals surface area contributed by atoms with E-state index in [1.807, 2.05) is 42.8 Å². The minimum Gasteiger partial charge on any atom is -0.487 e. The smallest absolute Gasteiger partial charge is 0.255 e. The first-order chi connectivity index (χ1) is 16.9. The third-order valence-electron chi connectivity index (χ3n) is 5.46. The second-order valence-electron chi connectivity index (χ2n) is 8.20. The average Bonchev–Trinajstić information content (AvgIpc) is 3.28. The van der Waals surface area contributed by atoms with Gasteiger partial charge in [-0.25, -0.2) is 18.1 Å². The summed E-state index contributed by atoms with van der Waals surface area (Å²) in [6, 6.07) is 16.9. The van der Waals surface area contributed by atoms with Gasteiger partial charge in [-0.3, -0.25) is 4.79 Å². The number of carbonyl (C=O) groups excluding carboxylic acids is 1. The number of unbranched alkanes of at least 4 members (excludes halogenated alkanes) is 1. The van der Waals surface area contributed by atoms with Gasteiger partial charge in [0.05, 0.1) is 10.6 Å². The van der Waals surface area contributed by atoms with Crippen LogP contribution in [0.1, 0.15) is 41.4 Å². The van der Waals surface area contributed by atoms with Crippen molar-refractivity contribution < 1.29 is 17.9 Å². The van der Waals surface area contributed by atoms with Crippen LogP contribution in [0.25, 0.3) is 5.65 Å². The van der Waals surface area contributed by atoms with Gasteiger partial charge < -0.3 is 14.5 Å². The van der Waals surface area contributed by atoms with E-state index in [1.165, 1.54) is 12.1 Å². The van der Waals surface area contributed by atoms with Crippen LogP contribution in [0.15, 0.2) is 78.0 Å². The summed E-state index contributed by atoms with van der Waals surface area (Å²) in [6.45, 7) is 4.68. The number of amides is 1. The number of rotatable bonds is 10. The Bertz CT molecular complexity index is 1430. The molecule has 2 aromatic carbocycles. The van der Waals surface area contributed by atoms with Crippen molar-refractivity contribution in [3.8, 4) is 5.75 Å². The number of anilines is 1. The molecule has 0 unspecified atom stereocenters. The molecule has 1 amide bonds. The maximum Gasteiger partial charge on any atom is 0.255 e. The molecule has 2 heterocycles. The number of aromatic nitrogens is 2. The summed E-state index contributed by atoms with van der Waals surface area (Å²) in [5.41, 5.74) is 3.61. The van der Waals surface area contributed by atoms with Gasteiger partial charge >= 0.3 is 0 Å². The molecule has 35 heavy (non-hydrogen) atoms. The number of pyridine rings is 1. The molecule has 4 rings (SSSR count). The summed E-state index contributed by atoms with van der Waals surface area (Å²) in [5, 5.41) is 2.75. The van der Waals surface area contributed by atoms with Crippen molar-refractivity contribution in [2.75, 3.05) is 11.9 Å². The van der Waals surface area contributed by atoms with Crippen LogP contribution in [0.3, 0.4) is 0 Å². The second-order valence-corrected chi connectivity index (χ2v) is 9.97. The van der Waals surface area contributed by atoms with E-state index in [0.29, 0.717) is 30.2 Å². The summed E-state index contributed by atoms with van der Waals surface area (Å²) < 4.78 is 35.2. The molecule has 0 atom stereocenters. The van der Waals surface area contributed by atoms with Gasteiger partial charge in [0.25, 0.3) is 5.91 Å². The van der Waals surface area contributed by atoms with E-state index < -0.39 is 10.0 Å². The van der Waals surface area contributed by atoms with Crippen molar-refractivity contribution >= 4 is 27.3 Å². The second kappa shape index (κ2) is 10.7. The summed E-state index contributed by atoms with van der Waals surface area (Å²) >= 11 is 0. The Morgan fingerprint density at radius 3 is 2.63 bits per heavy atom. The highest BCUT2D eigenvalue weighted by Crippen LogP contribution is 2.19. The number of sulfonamides is 1. The van der Waals surface area contributed by atoms with Crippen molar-refractivity contribution in [2.24, 2.45) is 0 Å². The zero-order valence-corrected chi connectivity index (χ0v) is 20.5. The van der Waals surface area contributed by atoms with Crippen molar-refractivity contribution in [2.45, 2.75) is 38.2 Å². The lowest BCUT2D eigenvalue weighted by Crippen LogP contribution is -2.24. The fourth-order valence-corrected chi connectivity index (χ4v) is 4.66. The highest BCUT2D eigenvalue weighted by atomic mass is 32.2. The van der Waals surface area contributed by atoms with Crippen LogP contribution in [-0.4, -0.2) is 30.3 Å². The van der Waals surface area contributed by atoms with Crippen molar-refractivity contribution in [1.29, 1.82) is 0 Å². The van der Waals surface area contributed by atoms with Gasteiger partial charge in [0.15, 0.2) is 0 Å². The maximum atomic E-state index is 12.7. The minimum absolute atomic E-state index is 0.109. The molecule has 0 saturated heterocycles. The third kappa shape index (κ3) is 6.06. The highest BCUT2D eigenvalue weighted by Gasteiger charge is 2.15. The van der Waals surface area contributed by atoms with Crippen LogP contribution in [0.4, 0.5) is 5.69 Å². The van der Waals surface area contributed by atoms with Gasteiger partial charge in [-0.05, 0) is 67.4 Å². The molecule has 2 aromatic heterocycles. The third-order valence-corrected chi connectivity index (χ3v) is 6.91. The topological polar surface area (TPSA) is 102 Å². The Labute approximate surface area is 205 Å². The number of nitrogens with one attached hydrogen (secondary N) is 2. The molecular formula is C26H28N4O4S. The molecule has 9 heteroatoms. The summed E-state index contributed by atoms with van der Waals surface area (Å²) in [4.78, 5) is 17.4. The molecule has 2 N–H and O–H groups in total. The predicted octanol–water partition coefficient (Wildman–Crippen LogP) is 4.55. The number of benzene rings is 2.